The van der Waals surface area contributed by atoms with E-state index in [-0.39, 0.29) is 12.4 Å². The second-order valence-electron chi connectivity index (χ2n) is 5.27. The second kappa shape index (κ2) is 8.14. The summed E-state index contributed by atoms with van der Waals surface area (Å²) in [4.78, 5) is 2.37. The minimum atomic E-state index is -0.276. The van der Waals surface area contributed by atoms with Gasteiger partial charge in [0.2, 0.25) is 0 Å². The number of benzene rings is 1. The molecule has 0 amide bonds. The van der Waals surface area contributed by atoms with Gasteiger partial charge in [0.1, 0.15) is 5.82 Å². The van der Waals surface area contributed by atoms with Gasteiger partial charge in [0.25, 0.3) is 0 Å². The van der Waals surface area contributed by atoms with Crippen LogP contribution in [-0.4, -0.2) is 42.9 Å². The van der Waals surface area contributed by atoms with Gasteiger partial charge >= 0.3 is 0 Å². The average molecular weight is 291 g/mol. The summed E-state index contributed by atoms with van der Waals surface area (Å²) in [7, 11) is 1.70. The Kier molecular flexibility index (Phi) is 6.19. The topological polar surface area (TPSA) is 32.7 Å². The van der Waals surface area contributed by atoms with Crippen molar-refractivity contribution in [3.05, 3.63) is 35.1 Å². The highest BCUT2D eigenvalue weighted by molar-refractivity contribution is 5.41. The van der Waals surface area contributed by atoms with Crippen LogP contribution in [0.3, 0.4) is 0 Å². The molecule has 0 saturated heterocycles. The lowest BCUT2D eigenvalue weighted by molar-refractivity contribution is 0.139. The van der Waals surface area contributed by atoms with Gasteiger partial charge in [-0.15, -0.1) is 0 Å². The van der Waals surface area contributed by atoms with Crippen LogP contribution in [0.15, 0.2) is 18.2 Å². The van der Waals surface area contributed by atoms with Gasteiger partial charge in [-0.3, -0.25) is 4.90 Å². The van der Waals surface area contributed by atoms with Crippen molar-refractivity contribution in [3.8, 4) is 11.8 Å². The Morgan fingerprint density at radius 3 is 2.90 bits per heavy atom. The average Bonchev–Trinajstić information content (AvgIpc) is 3.30. The molecule has 1 aliphatic carbocycles. The number of aliphatic hydroxyl groups excluding tert-OH is 1. The van der Waals surface area contributed by atoms with Crippen LogP contribution < -0.4 is 0 Å². The fraction of sp³-hybridized carbons (Fsp3) is 0.529. The van der Waals surface area contributed by atoms with Crippen LogP contribution in [0.25, 0.3) is 0 Å². The fourth-order valence-corrected chi connectivity index (χ4v) is 2.27. The molecule has 3 nitrogen and oxygen atoms in total. The number of halogens is 1. The number of hydrogen-bond acceptors (Lipinski definition) is 3. The van der Waals surface area contributed by atoms with Crippen LogP contribution in [0.1, 0.15) is 30.4 Å². The summed E-state index contributed by atoms with van der Waals surface area (Å²) in [6.45, 7) is 2.36. The molecule has 0 radical (unpaired) electrons. The van der Waals surface area contributed by atoms with Gasteiger partial charge in [-0.1, -0.05) is 17.9 Å². The maximum atomic E-state index is 13.4. The second-order valence-corrected chi connectivity index (χ2v) is 5.27. The Bertz CT molecular complexity index is 517. The first-order chi connectivity index (χ1) is 10.2. The van der Waals surface area contributed by atoms with Crippen molar-refractivity contribution >= 4 is 0 Å². The Morgan fingerprint density at radius 2 is 2.24 bits per heavy atom. The summed E-state index contributed by atoms with van der Waals surface area (Å²) in [6, 6.07) is 5.37. The Balaban J connectivity index is 2.11. The number of ether oxygens (including phenoxy) is 1. The molecule has 1 saturated carbocycles. The Morgan fingerprint density at radius 1 is 1.43 bits per heavy atom. The minimum Gasteiger partial charge on any atom is -0.395 e. The van der Waals surface area contributed by atoms with E-state index in [1.165, 1.54) is 25.0 Å². The Labute approximate surface area is 125 Å². The molecule has 0 aliphatic heterocycles. The third-order valence-corrected chi connectivity index (χ3v) is 3.55. The van der Waals surface area contributed by atoms with Crippen LogP contribution in [0.5, 0.6) is 0 Å². The lowest BCUT2D eigenvalue weighted by atomic mass is 10.1. The molecule has 1 fully saturated rings. The molecule has 2 rings (SSSR count). The zero-order valence-electron chi connectivity index (χ0n) is 12.4. The molecule has 21 heavy (non-hydrogen) atoms. The number of methoxy groups -OCH3 is 1. The van der Waals surface area contributed by atoms with Gasteiger partial charge in [0, 0.05) is 38.2 Å². The molecular formula is C17H22FNO2. The van der Waals surface area contributed by atoms with Crippen molar-refractivity contribution in [2.75, 3.05) is 26.9 Å². The Hall–Kier alpha value is -1.41. The lowest BCUT2D eigenvalue weighted by Gasteiger charge is -2.22. The number of rotatable bonds is 7. The van der Waals surface area contributed by atoms with E-state index >= 15 is 0 Å². The van der Waals surface area contributed by atoms with Crippen molar-refractivity contribution in [1.29, 1.82) is 0 Å². The SMILES string of the molecule is COCCN(Cc1ccc(F)cc1C#CCCO)C1CC1. The van der Waals surface area contributed by atoms with Gasteiger partial charge in [0.05, 0.1) is 13.2 Å². The summed E-state index contributed by atoms with van der Waals surface area (Å²) < 4.78 is 18.6. The molecule has 0 heterocycles. The summed E-state index contributed by atoms with van der Waals surface area (Å²) in [5.41, 5.74) is 1.75. The molecule has 1 aromatic rings. The van der Waals surface area contributed by atoms with Crippen LogP contribution in [0.4, 0.5) is 4.39 Å². The van der Waals surface area contributed by atoms with E-state index < -0.39 is 0 Å². The molecule has 1 N–H and O–H groups in total. The molecule has 0 unspecified atom stereocenters. The lowest BCUT2D eigenvalue weighted by Crippen LogP contribution is -2.29. The molecule has 0 aromatic heterocycles. The number of hydrogen-bond donors (Lipinski definition) is 1. The van der Waals surface area contributed by atoms with E-state index in [1.807, 2.05) is 0 Å². The van der Waals surface area contributed by atoms with E-state index in [0.717, 1.165) is 18.7 Å². The molecule has 0 spiro atoms. The molecule has 1 aliphatic rings. The van der Waals surface area contributed by atoms with Crippen molar-refractivity contribution in [1.82, 2.24) is 4.90 Å². The summed E-state index contributed by atoms with van der Waals surface area (Å²) >= 11 is 0. The summed E-state index contributed by atoms with van der Waals surface area (Å²) in [5, 5.41) is 8.79. The van der Waals surface area contributed by atoms with Crippen LogP contribution >= 0.6 is 0 Å². The fourth-order valence-electron chi connectivity index (χ4n) is 2.27. The third kappa shape index (κ3) is 5.13. The maximum Gasteiger partial charge on any atom is 0.124 e. The van der Waals surface area contributed by atoms with Gasteiger partial charge in [-0.25, -0.2) is 4.39 Å². The van der Waals surface area contributed by atoms with E-state index in [9.17, 15) is 4.39 Å². The molecule has 0 atom stereocenters. The smallest absolute Gasteiger partial charge is 0.124 e. The predicted octanol–water partition coefficient (Wildman–Crippen LogP) is 2.17. The molecular weight excluding hydrogens is 269 g/mol. The highest BCUT2D eigenvalue weighted by atomic mass is 19.1. The third-order valence-electron chi connectivity index (χ3n) is 3.55. The monoisotopic (exact) mass is 291 g/mol. The quantitative estimate of drug-likeness (QED) is 0.782. The van der Waals surface area contributed by atoms with E-state index in [2.05, 4.69) is 16.7 Å². The van der Waals surface area contributed by atoms with Gasteiger partial charge < -0.3 is 9.84 Å². The largest absolute Gasteiger partial charge is 0.395 e. The highest BCUT2D eigenvalue weighted by Gasteiger charge is 2.28. The number of nitrogens with zero attached hydrogens (tertiary/aromatic N) is 1. The van der Waals surface area contributed by atoms with Crippen LogP contribution in [0, 0.1) is 17.7 Å². The van der Waals surface area contributed by atoms with Crippen LogP contribution in [-0.2, 0) is 11.3 Å². The zero-order chi connectivity index (χ0) is 15.1. The van der Waals surface area contributed by atoms with Crippen LogP contribution in [0.2, 0.25) is 0 Å². The zero-order valence-corrected chi connectivity index (χ0v) is 12.4. The molecule has 1 aromatic carbocycles. The van der Waals surface area contributed by atoms with Crippen molar-refractivity contribution in [2.24, 2.45) is 0 Å². The normalized spacial score (nSPS) is 14.1. The number of aliphatic hydroxyl groups is 1. The van der Waals surface area contributed by atoms with E-state index in [1.54, 1.807) is 13.2 Å². The summed E-state index contributed by atoms with van der Waals surface area (Å²) in [5.74, 6) is 5.56. The van der Waals surface area contributed by atoms with E-state index in [0.29, 0.717) is 24.6 Å². The van der Waals surface area contributed by atoms with Gasteiger partial charge in [0.15, 0.2) is 0 Å². The van der Waals surface area contributed by atoms with E-state index in [4.69, 9.17) is 9.84 Å². The highest BCUT2D eigenvalue weighted by Crippen LogP contribution is 2.28. The summed E-state index contributed by atoms with van der Waals surface area (Å²) in [6.07, 6.45) is 2.85. The maximum absolute atomic E-state index is 13.4. The predicted molar refractivity (Wildman–Crippen MR) is 80.3 cm³/mol. The standard InChI is InChI=1S/C17H22FNO2/c1-21-11-9-19(17-7-8-17)13-15-5-6-16(18)12-14(15)4-2-3-10-20/h5-6,12,17,20H,3,7-11,13H2,1H3. The molecule has 0 bridgehead atoms. The van der Waals surface area contributed by atoms with Gasteiger partial charge in [-0.2, -0.15) is 0 Å². The first-order valence-corrected chi connectivity index (χ1v) is 7.35. The first-order valence-electron chi connectivity index (χ1n) is 7.35. The van der Waals surface area contributed by atoms with Gasteiger partial charge in [-0.05, 0) is 30.5 Å². The minimum absolute atomic E-state index is 0.0275. The first kappa shape index (κ1) is 16.0. The van der Waals surface area contributed by atoms with Crippen molar-refractivity contribution < 1.29 is 14.2 Å². The van der Waals surface area contributed by atoms with Crippen molar-refractivity contribution in [3.63, 3.8) is 0 Å². The molecule has 4 heteroatoms. The van der Waals surface area contributed by atoms with Crippen molar-refractivity contribution in [2.45, 2.75) is 31.8 Å². The molecule has 114 valence electrons.